The maximum Gasteiger partial charge on any atom is 0.282 e. The fourth-order valence-corrected chi connectivity index (χ4v) is 4.73. The Kier molecular flexibility index (Phi) is 6.70. The van der Waals surface area contributed by atoms with Crippen LogP contribution in [0.25, 0.3) is 0 Å². The van der Waals surface area contributed by atoms with Gasteiger partial charge in [-0.15, -0.1) is 0 Å². The van der Waals surface area contributed by atoms with Crippen LogP contribution in [0, 0.1) is 5.92 Å². The number of benzene rings is 2. The summed E-state index contributed by atoms with van der Waals surface area (Å²) in [6.45, 7) is 3.69. The average Bonchev–Trinajstić information content (AvgIpc) is 2.89. The predicted molar refractivity (Wildman–Crippen MR) is 125 cm³/mol. The van der Waals surface area contributed by atoms with E-state index in [9.17, 15) is 9.90 Å². The van der Waals surface area contributed by atoms with Gasteiger partial charge in [-0.1, -0.05) is 55.1 Å². The number of aromatic hydroxyl groups is 1. The molecule has 1 amide bonds. The number of phenols is 1. The zero-order valence-corrected chi connectivity index (χ0v) is 18.9. The van der Waals surface area contributed by atoms with Crippen LogP contribution in [0.3, 0.4) is 0 Å². The molecule has 0 saturated carbocycles. The van der Waals surface area contributed by atoms with Gasteiger partial charge in [0.15, 0.2) is 0 Å². The van der Waals surface area contributed by atoms with Crippen molar-refractivity contribution in [2.75, 3.05) is 18.1 Å². The van der Waals surface area contributed by atoms with Crippen molar-refractivity contribution < 1.29 is 9.90 Å². The smallest absolute Gasteiger partial charge is 0.282 e. The molecule has 4 rings (SSSR count). The van der Waals surface area contributed by atoms with Crippen molar-refractivity contribution in [1.29, 1.82) is 0 Å². The first-order valence-corrected chi connectivity index (χ1v) is 11.4. The lowest BCUT2D eigenvalue weighted by atomic mass is 9.91. The van der Waals surface area contributed by atoms with Gasteiger partial charge in [-0.3, -0.25) is 15.2 Å². The lowest BCUT2D eigenvalue weighted by molar-refractivity contribution is -0.119. The van der Waals surface area contributed by atoms with Crippen molar-refractivity contribution in [3.63, 3.8) is 0 Å². The molecule has 2 aromatic carbocycles. The summed E-state index contributed by atoms with van der Waals surface area (Å²) in [5.74, 6) is -0.195. The van der Waals surface area contributed by atoms with Crippen molar-refractivity contribution in [2.24, 2.45) is 11.0 Å². The Bertz CT molecular complexity index is 972. The number of amides is 1. The van der Waals surface area contributed by atoms with Gasteiger partial charge in [0.1, 0.15) is 11.5 Å². The van der Waals surface area contributed by atoms with Crippen LogP contribution in [0.5, 0.6) is 5.75 Å². The molecule has 2 aliphatic heterocycles. The van der Waals surface area contributed by atoms with Crippen molar-refractivity contribution >= 4 is 40.5 Å². The van der Waals surface area contributed by atoms with Crippen molar-refractivity contribution in [2.45, 2.75) is 38.6 Å². The van der Waals surface area contributed by atoms with Gasteiger partial charge >= 0.3 is 0 Å². The van der Waals surface area contributed by atoms with E-state index < -0.39 is 0 Å². The van der Waals surface area contributed by atoms with E-state index in [1.165, 1.54) is 12.8 Å². The lowest BCUT2D eigenvalue weighted by Crippen LogP contribution is -2.46. The van der Waals surface area contributed by atoms with Crippen LogP contribution >= 0.6 is 23.2 Å². The highest BCUT2D eigenvalue weighted by Crippen LogP contribution is 2.42. The van der Waals surface area contributed by atoms with E-state index in [4.69, 9.17) is 28.3 Å². The maximum absolute atomic E-state index is 13.2. The monoisotopic (exact) mass is 460 g/mol. The van der Waals surface area contributed by atoms with Crippen LogP contribution in [-0.4, -0.2) is 34.8 Å². The molecule has 0 unspecified atom stereocenters. The Morgan fingerprint density at radius 3 is 2.39 bits per heavy atom. The van der Waals surface area contributed by atoms with Crippen LogP contribution in [0.15, 0.2) is 47.6 Å². The minimum absolute atomic E-state index is 0.186. The van der Waals surface area contributed by atoms with Gasteiger partial charge in [0.2, 0.25) is 0 Å². The van der Waals surface area contributed by atoms with Gasteiger partial charge < -0.3 is 5.11 Å². The van der Waals surface area contributed by atoms with Crippen LogP contribution in [0.1, 0.15) is 44.2 Å². The standard InChI is InChI=1S/C23H26Cl2N4O2/c1-15-21(23(31)27-28-12-4-2-3-5-13-28)26-29(20-11-8-17(24)14-19(20)25)22(15)16-6-9-18(30)10-7-16/h6-11,14-15,22,30H,2-5,12-13H2,1H3,(H,27,31)/t15-,22+/m1/s1. The summed E-state index contributed by atoms with van der Waals surface area (Å²) < 4.78 is 0. The largest absolute Gasteiger partial charge is 0.508 e. The lowest BCUT2D eigenvalue weighted by Gasteiger charge is -2.27. The summed E-state index contributed by atoms with van der Waals surface area (Å²) in [6.07, 6.45) is 4.53. The van der Waals surface area contributed by atoms with E-state index in [1.54, 1.807) is 29.3 Å². The van der Waals surface area contributed by atoms with Crippen molar-refractivity contribution in [1.82, 2.24) is 10.4 Å². The van der Waals surface area contributed by atoms with E-state index in [0.29, 0.717) is 21.4 Å². The number of nitrogens with one attached hydrogen (secondary N) is 1. The molecule has 0 spiro atoms. The second-order valence-corrected chi connectivity index (χ2v) is 8.94. The molecule has 2 N–H and O–H groups in total. The molecule has 2 heterocycles. The molecule has 31 heavy (non-hydrogen) atoms. The number of phenolic OH excluding ortho intramolecular Hbond substituents is 1. The van der Waals surface area contributed by atoms with Gasteiger partial charge in [-0.05, 0) is 48.7 Å². The summed E-state index contributed by atoms with van der Waals surface area (Å²) in [7, 11) is 0. The molecule has 0 aromatic heterocycles. The molecule has 0 bridgehead atoms. The minimum atomic E-state index is -0.246. The number of carbonyl (C=O) groups is 1. The number of hydrazine groups is 1. The third kappa shape index (κ3) is 4.81. The Morgan fingerprint density at radius 2 is 1.74 bits per heavy atom. The van der Waals surface area contributed by atoms with Crippen LogP contribution in [0.2, 0.25) is 10.0 Å². The molecule has 2 aromatic rings. The van der Waals surface area contributed by atoms with Gasteiger partial charge in [-0.25, -0.2) is 5.01 Å². The normalized spacial score (nSPS) is 22.2. The summed E-state index contributed by atoms with van der Waals surface area (Å²) in [5, 5.41) is 19.2. The zero-order valence-electron chi connectivity index (χ0n) is 17.4. The topological polar surface area (TPSA) is 68.2 Å². The fourth-order valence-electron chi connectivity index (χ4n) is 4.24. The fraction of sp³-hybridized carbons (Fsp3) is 0.391. The number of hydrogen-bond acceptors (Lipinski definition) is 5. The molecule has 2 aliphatic rings. The third-order valence-electron chi connectivity index (χ3n) is 5.87. The second kappa shape index (κ2) is 9.47. The number of hydrogen-bond donors (Lipinski definition) is 2. The summed E-state index contributed by atoms with van der Waals surface area (Å²) >= 11 is 12.6. The van der Waals surface area contributed by atoms with E-state index in [2.05, 4.69) is 5.43 Å². The number of halogens is 2. The number of hydrazone groups is 1. The quantitative estimate of drug-likeness (QED) is 0.660. The molecule has 8 heteroatoms. The van der Waals surface area contributed by atoms with Crippen LogP contribution < -0.4 is 10.4 Å². The first kappa shape index (κ1) is 21.9. The van der Waals surface area contributed by atoms with E-state index in [-0.39, 0.29) is 23.6 Å². The van der Waals surface area contributed by atoms with Gasteiger partial charge in [0, 0.05) is 24.0 Å². The van der Waals surface area contributed by atoms with E-state index in [0.717, 1.165) is 31.5 Å². The predicted octanol–water partition coefficient (Wildman–Crippen LogP) is 5.16. The highest BCUT2D eigenvalue weighted by Gasteiger charge is 2.40. The molecule has 6 nitrogen and oxygen atoms in total. The Morgan fingerprint density at radius 1 is 1.06 bits per heavy atom. The maximum atomic E-state index is 13.2. The Hall–Kier alpha value is -2.28. The van der Waals surface area contributed by atoms with E-state index >= 15 is 0 Å². The Labute approximate surface area is 192 Å². The third-order valence-corrected chi connectivity index (χ3v) is 6.41. The summed E-state index contributed by atoms with van der Waals surface area (Å²) in [5.41, 5.74) is 5.11. The molecule has 0 aliphatic carbocycles. The molecular formula is C23H26Cl2N4O2. The average molecular weight is 461 g/mol. The van der Waals surface area contributed by atoms with Crippen molar-refractivity contribution in [3.8, 4) is 5.75 Å². The second-order valence-electron chi connectivity index (χ2n) is 8.09. The number of nitrogens with zero attached hydrogens (tertiary/aromatic N) is 3. The first-order valence-electron chi connectivity index (χ1n) is 10.6. The Balaban J connectivity index is 1.66. The van der Waals surface area contributed by atoms with E-state index in [1.807, 2.05) is 30.1 Å². The SMILES string of the molecule is C[C@@H]1C(C(=O)NN2CCCCCC2)=NN(c2ccc(Cl)cc2Cl)[C@@H]1c1ccc(O)cc1. The zero-order chi connectivity index (χ0) is 22.0. The number of anilines is 1. The molecule has 1 saturated heterocycles. The highest BCUT2D eigenvalue weighted by molar-refractivity contribution is 6.41. The molecule has 2 atom stereocenters. The number of rotatable bonds is 4. The highest BCUT2D eigenvalue weighted by atomic mass is 35.5. The number of carbonyl (C=O) groups excluding carboxylic acids is 1. The minimum Gasteiger partial charge on any atom is -0.508 e. The van der Waals surface area contributed by atoms with Gasteiger partial charge in [-0.2, -0.15) is 5.10 Å². The molecule has 164 valence electrons. The van der Waals surface area contributed by atoms with Crippen LogP contribution in [-0.2, 0) is 4.79 Å². The van der Waals surface area contributed by atoms with Crippen LogP contribution in [0.4, 0.5) is 5.69 Å². The molecule has 1 fully saturated rings. The molecule has 0 radical (unpaired) electrons. The summed E-state index contributed by atoms with van der Waals surface area (Å²) in [6, 6.07) is 12.0. The molecular weight excluding hydrogens is 435 g/mol. The first-order chi connectivity index (χ1) is 14.9. The van der Waals surface area contributed by atoms with Crippen molar-refractivity contribution in [3.05, 3.63) is 58.1 Å². The van der Waals surface area contributed by atoms with Gasteiger partial charge in [0.25, 0.3) is 5.91 Å². The van der Waals surface area contributed by atoms with Gasteiger partial charge in [0.05, 0.1) is 16.8 Å². The summed E-state index contributed by atoms with van der Waals surface area (Å²) in [4.78, 5) is 13.2.